The first-order valence-corrected chi connectivity index (χ1v) is 12.0. The van der Waals surface area contributed by atoms with Gasteiger partial charge in [0.05, 0.1) is 22.7 Å². The highest BCUT2D eigenvalue weighted by molar-refractivity contribution is 6.39. The van der Waals surface area contributed by atoms with E-state index in [1.807, 2.05) is 12.1 Å². The van der Waals surface area contributed by atoms with E-state index < -0.39 is 0 Å². The van der Waals surface area contributed by atoms with E-state index in [2.05, 4.69) is 24.1 Å². The van der Waals surface area contributed by atoms with Crippen LogP contribution in [0.3, 0.4) is 0 Å². The third-order valence-electron chi connectivity index (χ3n) is 5.72. The molecule has 1 aliphatic heterocycles. The van der Waals surface area contributed by atoms with E-state index in [-0.39, 0.29) is 22.6 Å². The van der Waals surface area contributed by atoms with Crippen molar-refractivity contribution in [2.75, 3.05) is 33.3 Å². The van der Waals surface area contributed by atoms with Gasteiger partial charge >= 0.3 is 0 Å². The number of piperidine rings is 1. The summed E-state index contributed by atoms with van der Waals surface area (Å²) in [6, 6.07) is 8.82. The molecular weight excluding hydrogens is 447 g/mol. The van der Waals surface area contributed by atoms with Crippen molar-refractivity contribution in [1.82, 2.24) is 10.2 Å². The number of amides is 1. The second kappa shape index (κ2) is 11.8. The van der Waals surface area contributed by atoms with Crippen LogP contribution in [0.1, 0.15) is 61.4 Å². The minimum Gasteiger partial charge on any atom is -0.496 e. The van der Waals surface area contributed by atoms with Gasteiger partial charge in [-0.15, -0.1) is 0 Å². The van der Waals surface area contributed by atoms with Crippen LogP contribution in [0.4, 0.5) is 0 Å². The van der Waals surface area contributed by atoms with Gasteiger partial charge < -0.3 is 19.7 Å². The molecule has 1 heterocycles. The standard InChI is InChI=1S/C25H32Cl2N2O3/c1-17(2)20-16-18(8-11-22(20)31-3)32-24-21(26)10-9-19(23(24)27)25(30)28-12-7-15-29-13-5-4-6-14-29/h8-11,16-17H,4-7,12-15H2,1-3H3,(H,28,30). The summed E-state index contributed by atoms with van der Waals surface area (Å²) in [4.78, 5) is 15.2. The summed E-state index contributed by atoms with van der Waals surface area (Å²) >= 11 is 12.9. The van der Waals surface area contributed by atoms with Crippen molar-refractivity contribution in [2.45, 2.75) is 45.4 Å². The molecule has 2 aromatic rings. The molecule has 0 aromatic heterocycles. The van der Waals surface area contributed by atoms with Gasteiger partial charge in [0, 0.05) is 12.1 Å². The molecule has 1 fully saturated rings. The number of rotatable bonds is 9. The Labute approximate surface area is 201 Å². The van der Waals surface area contributed by atoms with Gasteiger partial charge in [-0.25, -0.2) is 0 Å². The number of carbonyl (C=O) groups excluding carboxylic acids is 1. The van der Waals surface area contributed by atoms with Crippen molar-refractivity contribution < 1.29 is 14.3 Å². The van der Waals surface area contributed by atoms with E-state index in [9.17, 15) is 4.79 Å². The third-order valence-corrected chi connectivity index (χ3v) is 6.40. The number of hydrogen-bond donors (Lipinski definition) is 1. The van der Waals surface area contributed by atoms with Crippen LogP contribution in [0, 0.1) is 0 Å². The normalized spacial score (nSPS) is 14.4. The summed E-state index contributed by atoms with van der Waals surface area (Å²) < 4.78 is 11.5. The fourth-order valence-electron chi connectivity index (χ4n) is 3.93. The predicted molar refractivity (Wildman–Crippen MR) is 131 cm³/mol. The molecule has 0 spiro atoms. The van der Waals surface area contributed by atoms with Gasteiger partial charge in [0.15, 0.2) is 5.75 Å². The zero-order valence-corrected chi connectivity index (χ0v) is 20.6. The minimum absolute atomic E-state index is 0.202. The van der Waals surface area contributed by atoms with Crippen LogP contribution in [0.2, 0.25) is 10.0 Å². The Morgan fingerprint density at radius 2 is 1.88 bits per heavy atom. The summed E-state index contributed by atoms with van der Waals surface area (Å²) in [6.45, 7) is 8.07. The van der Waals surface area contributed by atoms with Crippen molar-refractivity contribution in [2.24, 2.45) is 0 Å². The summed E-state index contributed by atoms with van der Waals surface area (Å²) in [5.41, 5.74) is 1.36. The average molecular weight is 479 g/mol. The lowest BCUT2D eigenvalue weighted by molar-refractivity contribution is 0.0951. The molecule has 32 heavy (non-hydrogen) atoms. The fourth-order valence-corrected chi connectivity index (χ4v) is 4.46. The highest BCUT2D eigenvalue weighted by Crippen LogP contribution is 2.40. The van der Waals surface area contributed by atoms with Gasteiger partial charge in [0.2, 0.25) is 0 Å². The second-order valence-electron chi connectivity index (χ2n) is 8.41. The molecule has 0 aliphatic carbocycles. The van der Waals surface area contributed by atoms with Crippen molar-refractivity contribution in [3.8, 4) is 17.2 Å². The topological polar surface area (TPSA) is 50.8 Å². The Morgan fingerprint density at radius 1 is 1.12 bits per heavy atom. The maximum absolute atomic E-state index is 12.7. The van der Waals surface area contributed by atoms with Crippen LogP contribution in [0.15, 0.2) is 30.3 Å². The zero-order chi connectivity index (χ0) is 23.1. The maximum atomic E-state index is 12.7. The number of nitrogens with one attached hydrogen (secondary N) is 1. The zero-order valence-electron chi connectivity index (χ0n) is 19.0. The number of benzene rings is 2. The molecule has 7 heteroatoms. The SMILES string of the molecule is COc1ccc(Oc2c(Cl)ccc(C(=O)NCCCN3CCCCC3)c2Cl)cc1C(C)C. The molecule has 0 saturated carbocycles. The Kier molecular flexibility index (Phi) is 9.09. The van der Waals surface area contributed by atoms with Crippen LogP contribution < -0.4 is 14.8 Å². The lowest BCUT2D eigenvalue weighted by Crippen LogP contribution is -2.33. The van der Waals surface area contributed by atoms with E-state index in [0.29, 0.717) is 22.9 Å². The highest BCUT2D eigenvalue weighted by atomic mass is 35.5. The summed E-state index contributed by atoms with van der Waals surface area (Å²) in [6.07, 6.45) is 4.76. The first kappa shape index (κ1) is 24.7. The van der Waals surface area contributed by atoms with Crippen molar-refractivity contribution in [3.63, 3.8) is 0 Å². The van der Waals surface area contributed by atoms with Gasteiger partial charge in [-0.1, -0.05) is 43.5 Å². The molecule has 2 aromatic carbocycles. The van der Waals surface area contributed by atoms with E-state index >= 15 is 0 Å². The van der Waals surface area contributed by atoms with E-state index in [4.69, 9.17) is 32.7 Å². The van der Waals surface area contributed by atoms with E-state index in [1.54, 1.807) is 25.3 Å². The summed E-state index contributed by atoms with van der Waals surface area (Å²) in [7, 11) is 1.64. The van der Waals surface area contributed by atoms with Gasteiger partial charge in [0.25, 0.3) is 5.91 Å². The Bertz CT molecular complexity index is 928. The Balaban J connectivity index is 1.67. The number of hydrogen-bond acceptors (Lipinski definition) is 4. The van der Waals surface area contributed by atoms with Crippen molar-refractivity contribution >= 4 is 29.1 Å². The van der Waals surface area contributed by atoms with Crippen LogP contribution in [0.5, 0.6) is 17.2 Å². The number of methoxy groups -OCH3 is 1. The molecule has 174 valence electrons. The molecule has 0 bridgehead atoms. The molecular formula is C25H32Cl2N2O3. The number of nitrogens with zero attached hydrogens (tertiary/aromatic N) is 1. The smallest absolute Gasteiger partial charge is 0.252 e. The molecule has 0 radical (unpaired) electrons. The largest absolute Gasteiger partial charge is 0.496 e. The summed E-state index contributed by atoms with van der Waals surface area (Å²) in [5, 5.41) is 3.51. The van der Waals surface area contributed by atoms with Crippen LogP contribution in [-0.4, -0.2) is 44.1 Å². The Morgan fingerprint density at radius 3 is 2.56 bits per heavy atom. The highest BCUT2D eigenvalue weighted by Gasteiger charge is 2.19. The fraction of sp³-hybridized carbons (Fsp3) is 0.480. The van der Waals surface area contributed by atoms with Crippen LogP contribution >= 0.6 is 23.2 Å². The lowest BCUT2D eigenvalue weighted by atomic mass is 10.0. The lowest BCUT2D eigenvalue weighted by Gasteiger charge is -2.26. The molecule has 3 rings (SSSR count). The van der Waals surface area contributed by atoms with Crippen LogP contribution in [-0.2, 0) is 0 Å². The van der Waals surface area contributed by atoms with E-state index in [0.717, 1.165) is 37.4 Å². The van der Waals surface area contributed by atoms with Gasteiger partial charge in [0.1, 0.15) is 11.5 Å². The Hall–Kier alpha value is -1.95. The average Bonchev–Trinajstić information content (AvgIpc) is 2.80. The number of ether oxygens (including phenoxy) is 2. The third kappa shape index (κ3) is 6.31. The van der Waals surface area contributed by atoms with Crippen molar-refractivity contribution in [1.29, 1.82) is 0 Å². The summed E-state index contributed by atoms with van der Waals surface area (Å²) in [5.74, 6) is 1.67. The molecule has 5 nitrogen and oxygen atoms in total. The van der Waals surface area contributed by atoms with Gasteiger partial charge in [-0.2, -0.15) is 0 Å². The van der Waals surface area contributed by atoms with Gasteiger partial charge in [-0.05, 0) is 75.1 Å². The first-order valence-electron chi connectivity index (χ1n) is 11.2. The predicted octanol–water partition coefficient (Wildman–Crippen LogP) is 6.52. The van der Waals surface area contributed by atoms with Crippen LogP contribution in [0.25, 0.3) is 0 Å². The first-order chi connectivity index (χ1) is 15.4. The maximum Gasteiger partial charge on any atom is 0.252 e. The molecule has 1 saturated heterocycles. The molecule has 1 amide bonds. The quantitative estimate of drug-likeness (QED) is 0.416. The number of carbonyl (C=O) groups is 1. The molecule has 0 atom stereocenters. The second-order valence-corrected chi connectivity index (χ2v) is 9.20. The molecule has 1 aliphatic rings. The number of halogens is 2. The van der Waals surface area contributed by atoms with Crippen molar-refractivity contribution in [3.05, 3.63) is 51.5 Å². The van der Waals surface area contributed by atoms with E-state index in [1.165, 1.54) is 19.3 Å². The molecule has 1 N–H and O–H groups in total. The number of likely N-dealkylation sites (tertiary alicyclic amines) is 1. The monoisotopic (exact) mass is 478 g/mol. The molecule has 0 unspecified atom stereocenters. The minimum atomic E-state index is -0.229. The van der Waals surface area contributed by atoms with Gasteiger partial charge in [-0.3, -0.25) is 4.79 Å².